The van der Waals surface area contributed by atoms with E-state index in [2.05, 4.69) is 19.9 Å². The molecule has 1 aromatic rings. The van der Waals surface area contributed by atoms with Gasteiger partial charge in [-0.1, -0.05) is 19.1 Å². The molecule has 0 bridgehead atoms. The van der Waals surface area contributed by atoms with Gasteiger partial charge in [0.2, 0.25) is 0 Å². The molecule has 1 aromatic carbocycles. The molecule has 0 unspecified atom stereocenters. The lowest BCUT2D eigenvalue weighted by Crippen LogP contribution is -2.06. The summed E-state index contributed by atoms with van der Waals surface area (Å²) in [5.41, 5.74) is 8.15. The molecule has 1 rings (SSSR count). The maximum absolute atomic E-state index is 5.83. The van der Waals surface area contributed by atoms with Crippen molar-refractivity contribution in [3.05, 3.63) is 29.3 Å². The Morgan fingerprint density at radius 1 is 1.44 bits per heavy atom. The Balaban J connectivity index is 2.54. The third-order valence-corrected chi connectivity index (χ3v) is 3.28. The van der Waals surface area contributed by atoms with Crippen molar-refractivity contribution in [1.29, 1.82) is 0 Å². The van der Waals surface area contributed by atoms with Crippen molar-refractivity contribution in [2.45, 2.75) is 26.8 Å². The van der Waals surface area contributed by atoms with E-state index in [1.165, 1.54) is 0 Å². The van der Waals surface area contributed by atoms with Crippen molar-refractivity contribution in [2.75, 3.05) is 18.1 Å². The van der Waals surface area contributed by atoms with E-state index in [0.29, 0.717) is 0 Å². The predicted octanol–water partition coefficient (Wildman–Crippen LogP) is 3.15. The van der Waals surface area contributed by atoms with E-state index in [-0.39, 0.29) is 6.04 Å². The van der Waals surface area contributed by atoms with Gasteiger partial charge in [-0.3, -0.25) is 0 Å². The highest BCUT2D eigenvalue weighted by Gasteiger charge is 2.03. The first-order chi connectivity index (χ1) is 7.65. The zero-order chi connectivity index (χ0) is 12.0. The second kappa shape index (κ2) is 6.81. The van der Waals surface area contributed by atoms with Gasteiger partial charge < -0.3 is 10.5 Å². The number of hydrogen-bond donors (Lipinski definition) is 1. The van der Waals surface area contributed by atoms with E-state index in [1.807, 2.05) is 30.8 Å². The van der Waals surface area contributed by atoms with Gasteiger partial charge in [-0.2, -0.15) is 11.8 Å². The standard InChI is InChI=1S/C13H21NOS/c1-4-16-8-7-15-13-6-5-12(11(3)14)9-10(13)2/h5-6,9,11H,4,7-8,14H2,1-3H3/t11-/m0/s1. The molecular weight excluding hydrogens is 218 g/mol. The lowest BCUT2D eigenvalue weighted by molar-refractivity contribution is 0.341. The van der Waals surface area contributed by atoms with Crippen molar-refractivity contribution >= 4 is 11.8 Å². The fraction of sp³-hybridized carbons (Fsp3) is 0.538. The van der Waals surface area contributed by atoms with Crippen LogP contribution in [0.2, 0.25) is 0 Å². The SMILES string of the molecule is CCSCCOc1ccc([C@H](C)N)cc1C. The minimum absolute atomic E-state index is 0.0865. The van der Waals surface area contributed by atoms with Crippen LogP contribution >= 0.6 is 11.8 Å². The van der Waals surface area contributed by atoms with Crippen LogP contribution in [0, 0.1) is 6.92 Å². The van der Waals surface area contributed by atoms with Crippen LogP contribution in [-0.4, -0.2) is 18.1 Å². The van der Waals surface area contributed by atoms with Gasteiger partial charge in [0.15, 0.2) is 0 Å². The van der Waals surface area contributed by atoms with Crippen LogP contribution in [0.15, 0.2) is 18.2 Å². The first kappa shape index (κ1) is 13.4. The van der Waals surface area contributed by atoms with Crippen LogP contribution in [0.1, 0.15) is 31.0 Å². The zero-order valence-electron chi connectivity index (χ0n) is 10.3. The highest BCUT2D eigenvalue weighted by atomic mass is 32.2. The first-order valence-corrected chi connectivity index (χ1v) is 6.87. The number of aryl methyl sites for hydroxylation is 1. The highest BCUT2D eigenvalue weighted by molar-refractivity contribution is 7.99. The van der Waals surface area contributed by atoms with Gasteiger partial charge >= 0.3 is 0 Å². The van der Waals surface area contributed by atoms with Gasteiger partial charge in [-0.15, -0.1) is 0 Å². The summed E-state index contributed by atoms with van der Waals surface area (Å²) in [7, 11) is 0. The molecule has 90 valence electrons. The molecule has 0 saturated carbocycles. The van der Waals surface area contributed by atoms with Crippen molar-refractivity contribution in [1.82, 2.24) is 0 Å². The Morgan fingerprint density at radius 3 is 2.75 bits per heavy atom. The molecule has 16 heavy (non-hydrogen) atoms. The van der Waals surface area contributed by atoms with Crippen molar-refractivity contribution in [3.63, 3.8) is 0 Å². The molecule has 0 heterocycles. The lowest BCUT2D eigenvalue weighted by Gasteiger charge is -2.12. The van der Waals surface area contributed by atoms with Gasteiger partial charge in [-0.25, -0.2) is 0 Å². The van der Waals surface area contributed by atoms with Crippen LogP contribution in [0.5, 0.6) is 5.75 Å². The minimum Gasteiger partial charge on any atom is -0.492 e. The van der Waals surface area contributed by atoms with E-state index >= 15 is 0 Å². The summed E-state index contributed by atoms with van der Waals surface area (Å²) in [5, 5.41) is 0. The molecule has 0 aliphatic carbocycles. The molecule has 0 aliphatic rings. The van der Waals surface area contributed by atoms with E-state index in [1.54, 1.807) is 0 Å². The molecule has 0 aromatic heterocycles. The highest BCUT2D eigenvalue weighted by Crippen LogP contribution is 2.21. The largest absolute Gasteiger partial charge is 0.492 e. The summed E-state index contributed by atoms with van der Waals surface area (Å²) in [5.74, 6) is 3.16. The number of nitrogens with two attached hydrogens (primary N) is 1. The minimum atomic E-state index is 0.0865. The smallest absolute Gasteiger partial charge is 0.122 e. The van der Waals surface area contributed by atoms with E-state index in [9.17, 15) is 0 Å². The topological polar surface area (TPSA) is 35.2 Å². The van der Waals surface area contributed by atoms with E-state index in [4.69, 9.17) is 10.5 Å². The summed E-state index contributed by atoms with van der Waals surface area (Å²) >= 11 is 1.90. The average molecular weight is 239 g/mol. The van der Waals surface area contributed by atoms with Gasteiger partial charge in [0.05, 0.1) is 6.61 Å². The summed E-state index contributed by atoms with van der Waals surface area (Å²) < 4.78 is 5.71. The first-order valence-electron chi connectivity index (χ1n) is 5.71. The molecule has 0 aliphatic heterocycles. The molecule has 1 atom stereocenters. The quantitative estimate of drug-likeness (QED) is 0.775. The van der Waals surface area contributed by atoms with Crippen LogP contribution in [0.25, 0.3) is 0 Å². The molecule has 2 nitrogen and oxygen atoms in total. The second-order valence-electron chi connectivity index (χ2n) is 3.86. The van der Waals surface area contributed by atoms with Gasteiger partial charge in [0.1, 0.15) is 5.75 Å². The van der Waals surface area contributed by atoms with Crippen LogP contribution in [0.3, 0.4) is 0 Å². The number of thioether (sulfide) groups is 1. The monoisotopic (exact) mass is 239 g/mol. The lowest BCUT2D eigenvalue weighted by atomic mass is 10.1. The Morgan fingerprint density at radius 2 is 2.19 bits per heavy atom. The number of rotatable bonds is 6. The third-order valence-electron chi connectivity index (χ3n) is 2.41. The summed E-state index contributed by atoms with van der Waals surface area (Å²) in [6.07, 6.45) is 0. The number of hydrogen-bond acceptors (Lipinski definition) is 3. The van der Waals surface area contributed by atoms with Gasteiger partial charge in [0.25, 0.3) is 0 Å². The predicted molar refractivity (Wildman–Crippen MR) is 72.3 cm³/mol. The third kappa shape index (κ3) is 4.06. The maximum Gasteiger partial charge on any atom is 0.122 e. The average Bonchev–Trinajstić information content (AvgIpc) is 2.26. The Bertz CT molecular complexity index is 326. The molecule has 0 amide bonds. The fourth-order valence-corrected chi connectivity index (χ4v) is 1.96. The fourth-order valence-electron chi connectivity index (χ4n) is 1.47. The van der Waals surface area contributed by atoms with Crippen LogP contribution in [0.4, 0.5) is 0 Å². The van der Waals surface area contributed by atoms with Gasteiger partial charge in [0, 0.05) is 11.8 Å². The summed E-state index contributed by atoms with van der Waals surface area (Å²) in [6, 6.07) is 6.25. The van der Waals surface area contributed by atoms with Crippen LogP contribution in [-0.2, 0) is 0 Å². The van der Waals surface area contributed by atoms with Crippen molar-refractivity contribution < 1.29 is 4.74 Å². The molecule has 3 heteroatoms. The molecule has 0 radical (unpaired) electrons. The molecule has 0 fully saturated rings. The van der Waals surface area contributed by atoms with Crippen molar-refractivity contribution in [2.24, 2.45) is 5.73 Å². The summed E-state index contributed by atoms with van der Waals surface area (Å²) in [4.78, 5) is 0. The Hall–Kier alpha value is -0.670. The molecular formula is C13H21NOS. The molecule has 0 saturated heterocycles. The maximum atomic E-state index is 5.83. The van der Waals surface area contributed by atoms with Crippen LogP contribution < -0.4 is 10.5 Å². The van der Waals surface area contributed by atoms with Gasteiger partial charge in [-0.05, 0) is 36.8 Å². The Labute approximate surface area is 103 Å². The second-order valence-corrected chi connectivity index (χ2v) is 5.25. The molecule has 2 N–H and O–H groups in total. The zero-order valence-corrected chi connectivity index (χ0v) is 11.1. The summed E-state index contributed by atoms with van der Waals surface area (Å²) in [6.45, 7) is 6.99. The number of benzene rings is 1. The Kier molecular flexibility index (Phi) is 5.71. The normalized spacial score (nSPS) is 12.5. The molecule has 0 spiro atoms. The van der Waals surface area contributed by atoms with E-state index < -0.39 is 0 Å². The van der Waals surface area contributed by atoms with Crippen molar-refractivity contribution in [3.8, 4) is 5.75 Å². The van der Waals surface area contributed by atoms with E-state index in [0.717, 1.165) is 35.0 Å². The number of ether oxygens (including phenoxy) is 1.